The van der Waals surface area contributed by atoms with Gasteiger partial charge in [0.2, 0.25) is 5.91 Å². The van der Waals surface area contributed by atoms with Gasteiger partial charge in [0.15, 0.2) is 0 Å². The number of hydrogen-bond donors (Lipinski definition) is 3. The average molecular weight is 250 g/mol. The molecule has 0 radical (unpaired) electrons. The summed E-state index contributed by atoms with van der Waals surface area (Å²) in [5, 5.41) is 15.1. The van der Waals surface area contributed by atoms with E-state index in [4.69, 9.17) is 5.11 Å². The normalized spacial score (nSPS) is 12.2. The molecule has 0 saturated heterocycles. The van der Waals surface area contributed by atoms with Crippen LogP contribution in [-0.2, 0) is 11.3 Å². The first kappa shape index (κ1) is 14.7. The number of anilines is 1. The lowest BCUT2D eigenvalue weighted by Crippen LogP contribution is -2.29. The van der Waals surface area contributed by atoms with Gasteiger partial charge >= 0.3 is 0 Å². The molecule has 1 unspecified atom stereocenters. The molecule has 4 heteroatoms. The van der Waals surface area contributed by atoms with Gasteiger partial charge in [-0.15, -0.1) is 0 Å². The Balaban J connectivity index is 2.62. The Hall–Kier alpha value is -1.39. The Morgan fingerprint density at radius 3 is 2.72 bits per heavy atom. The molecule has 3 N–H and O–H groups in total. The second-order valence-corrected chi connectivity index (χ2v) is 4.34. The first-order chi connectivity index (χ1) is 8.67. The molecule has 0 bridgehead atoms. The summed E-state index contributed by atoms with van der Waals surface area (Å²) in [6.07, 6.45) is 1.72. The number of aliphatic hydroxyl groups is 1. The molecule has 0 spiro atoms. The topological polar surface area (TPSA) is 61.4 Å². The van der Waals surface area contributed by atoms with Gasteiger partial charge in [0.05, 0.1) is 0 Å². The smallest absolute Gasteiger partial charge is 0.221 e. The molecule has 0 aliphatic carbocycles. The van der Waals surface area contributed by atoms with E-state index >= 15 is 0 Å². The van der Waals surface area contributed by atoms with Crippen molar-refractivity contribution in [2.24, 2.45) is 0 Å². The lowest BCUT2D eigenvalue weighted by molar-refractivity contribution is -0.114. The number of nitrogens with one attached hydrogen (secondary N) is 2. The van der Waals surface area contributed by atoms with Gasteiger partial charge in [0.25, 0.3) is 0 Å². The standard InChI is InChI=1S/C14H22N2O2/c1-3-13(8-9-17)15-10-12-6-4-5-7-14(12)16-11(2)18/h4-7,13,15,17H,3,8-10H2,1-2H3,(H,16,18). The van der Waals surface area contributed by atoms with E-state index in [9.17, 15) is 4.79 Å². The van der Waals surface area contributed by atoms with Crippen molar-refractivity contribution in [3.05, 3.63) is 29.8 Å². The summed E-state index contributed by atoms with van der Waals surface area (Å²) in [6, 6.07) is 8.05. The van der Waals surface area contributed by atoms with Gasteiger partial charge < -0.3 is 15.7 Å². The van der Waals surface area contributed by atoms with Crippen LogP contribution in [0.25, 0.3) is 0 Å². The maximum Gasteiger partial charge on any atom is 0.221 e. The third-order valence-corrected chi connectivity index (χ3v) is 2.88. The van der Waals surface area contributed by atoms with Gasteiger partial charge in [0, 0.05) is 31.8 Å². The number of para-hydroxylation sites is 1. The predicted octanol–water partition coefficient (Wildman–Crippen LogP) is 1.90. The minimum Gasteiger partial charge on any atom is -0.396 e. The number of carbonyl (C=O) groups is 1. The molecule has 0 fully saturated rings. The van der Waals surface area contributed by atoms with E-state index in [0.29, 0.717) is 12.6 Å². The molecule has 18 heavy (non-hydrogen) atoms. The second kappa shape index (κ2) is 7.84. The molecule has 0 aliphatic rings. The minimum atomic E-state index is -0.0650. The summed E-state index contributed by atoms with van der Waals surface area (Å²) < 4.78 is 0. The van der Waals surface area contributed by atoms with E-state index in [-0.39, 0.29) is 12.5 Å². The molecule has 1 rings (SSSR count). The zero-order chi connectivity index (χ0) is 13.4. The molecule has 0 saturated carbocycles. The third kappa shape index (κ3) is 4.85. The zero-order valence-electron chi connectivity index (χ0n) is 11.1. The van der Waals surface area contributed by atoms with E-state index in [0.717, 1.165) is 24.1 Å². The van der Waals surface area contributed by atoms with Gasteiger partial charge in [-0.25, -0.2) is 0 Å². The Morgan fingerprint density at radius 1 is 1.39 bits per heavy atom. The Morgan fingerprint density at radius 2 is 2.11 bits per heavy atom. The summed E-state index contributed by atoms with van der Waals surface area (Å²) in [7, 11) is 0. The molecule has 100 valence electrons. The molecule has 1 aromatic rings. The van der Waals surface area contributed by atoms with Gasteiger partial charge in [-0.3, -0.25) is 4.79 Å². The van der Waals surface area contributed by atoms with Crippen molar-refractivity contribution in [2.45, 2.75) is 39.3 Å². The number of hydrogen-bond acceptors (Lipinski definition) is 3. The molecule has 1 atom stereocenters. The van der Waals surface area contributed by atoms with Gasteiger partial charge in [-0.05, 0) is 24.5 Å². The fourth-order valence-corrected chi connectivity index (χ4v) is 1.85. The molecular formula is C14H22N2O2. The van der Waals surface area contributed by atoms with Crippen LogP contribution >= 0.6 is 0 Å². The number of amides is 1. The SMILES string of the molecule is CCC(CCO)NCc1ccccc1NC(C)=O. The fraction of sp³-hybridized carbons (Fsp3) is 0.500. The highest BCUT2D eigenvalue weighted by atomic mass is 16.3. The molecule has 0 aliphatic heterocycles. The monoisotopic (exact) mass is 250 g/mol. The summed E-state index contributed by atoms with van der Waals surface area (Å²) in [5.41, 5.74) is 1.90. The highest BCUT2D eigenvalue weighted by Crippen LogP contribution is 2.15. The molecule has 1 aromatic carbocycles. The maximum atomic E-state index is 11.1. The fourth-order valence-electron chi connectivity index (χ4n) is 1.85. The highest BCUT2D eigenvalue weighted by molar-refractivity contribution is 5.89. The second-order valence-electron chi connectivity index (χ2n) is 4.34. The molecule has 0 aromatic heterocycles. The average Bonchev–Trinajstić information content (AvgIpc) is 2.35. The quantitative estimate of drug-likeness (QED) is 0.692. The number of benzene rings is 1. The van der Waals surface area contributed by atoms with Crippen molar-refractivity contribution in [3.63, 3.8) is 0 Å². The largest absolute Gasteiger partial charge is 0.396 e. The first-order valence-corrected chi connectivity index (χ1v) is 6.37. The Labute approximate surface area is 108 Å². The summed E-state index contributed by atoms with van der Waals surface area (Å²) >= 11 is 0. The van der Waals surface area contributed by atoms with Crippen LogP contribution in [0.5, 0.6) is 0 Å². The first-order valence-electron chi connectivity index (χ1n) is 6.37. The van der Waals surface area contributed by atoms with E-state index < -0.39 is 0 Å². The molecule has 0 heterocycles. The van der Waals surface area contributed by atoms with E-state index in [1.165, 1.54) is 6.92 Å². The Bertz CT molecular complexity index is 380. The van der Waals surface area contributed by atoms with Crippen LogP contribution in [0.1, 0.15) is 32.3 Å². The van der Waals surface area contributed by atoms with Crippen LogP contribution < -0.4 is 10.6 Å². The van der Waals surface area contributed by atoms with E-state index in [1.54, 1.807) is 0 Å². The summed E-state index contributed by atoms with van der Waals surface area (Å²) in [6.45, 7) is 4.48. The lowest BCUT2D eigenvalue weighted by atomic mass is 10.1. The van der Waals surface area contributed by atoms with Crippen molar-refractivity contribution in [2.75, 3.05) is 11.9 Å². The van der Waals surface area contributed by atoms with Crippen LogP contribution in [-0.4, -0.2) is 23.7 Å². The summed E-state index contributed by atoms with van der Waals surface area (Å²) in [4.78, 5) is 11.1. The number of aliphatic hydroxyl groups excluding tert-OH is 1. The number of carbonyl (C=O) groups excluding carboxylic acids is 1. The van der Waals surface area contributed by atoms with Crippen LogP contribution in [0.4, 0.5) is 5.69 Å². The van der Waals surface area contributed by atoms with Crippen molar-refractivity contribution >= 4 is 11.6 Å². The number of rotatable bonds is 7. The molecule has 1 amide bonds. The minimum absolute atomic E-state index is 0.0650. The van der Waals surface area contributed by atoms with Gasteiger partial charge in [0.1, 0.15) is 0 Å². The van der Waals surface area contributed by atoms with Crippen LogP contribution in [0.15, 0.2) is 24.3 Å². The van der Waals surface area contributed by atoms with Crippen molar-refractivity contribution in [3.8, 4) is 0 Å². The van der Waals surface area contributed by atoms with Crippen molar-refractivity contribution in [1.29, 1.82) is 0 Å². The van der Waals surface area contributed by atoms with Crippen LogP contribution in [0, 0.1) is 0 Å². The third-order valence-electron chi connectivity index (χ3n) is 2.88. The van der Waals surface area contributed by atoms with Crippen molar-refractivity contribution < 1.29 is 9.90 Å². The van der Waals surface area contributed by atoms with Crippen LogP contribution in [0.3, 0.4) is 0 Å². The zero-order valence-corrected chi connectivity index (χ0v) is 11.1. The maximum absolute atomic E-state index is 11.1. The van der Waals surface area contributed by atoms with Gasteiger partial charge in [-0.1, -0.05) is 25.1 Å². The van der Waals surface area contributed by atoms with Gasteiger partial charge in [-0.2, -0.15) is 0 Å². The lowest BCUT2D eigenvalue weighted by Gasteiger charge is -2.17. The summed E-state index contributed by atoms with van der Waals surface area (Å²) in [5.74, 6) is -0.0650. The van der Waals surface area contributed by atoms with E-state index in [1.807, 2.05) is 24.3 Å². The highest BCUT2D eigenvalue weighted by Gasteiger charge is 2.07. The van der Waals surface area contributed by atoms with E-state index in [2.05, 4.69) is 17.6 Å². The Kier molecular flexibility index (Phi) is 6.39. The predicted molar refractivity (Wildman–Crippen MR) is 73.4 cm³/mol. The van der Waals surface area contributed by atoms with Crippen molar-refractivity contribution in [1.82, 2.24) is 5.32 Å². The molecular weight excluding hydrogens is 228 g/mol. The van der Waals surface area contributed by atoms with Crippen LogP contribution in [0.2, 0.25) is 0 Å². The molecule has 4 nitrogen and oxygen atoms in total.